The van der Waals surface area contributed by atoms with E-state index in [1.54, 1.807) is 98.3 Å². The van der Waals surface area contributed by atoms with Gasteiger partial charge in [-0.2, -0.15) is 13.2 Å². The first kappa shape index (κ1) is 40.4. The summed E-state index contributed by atoms with van der Waals surface area (Å²) >= 11 is 0. The van der Waals surface area contributed by atoms with Crippen LogP contribution < -0.4 is 30.7 Å². The molecule has 54 heavy (non-hydrogen) atoms. The van der Waals surface area contributed by atoms with Crippen molar-refractivity contribution in [3.8, 4) is 5.75 Å². The van der Waals surface area contributed by atoms with Crippen molar-refractivity contribution in [1.82, 2.24) is 16.1 Å². The highest BCUT2D eigenvalue weighted by atomic mass is 19.4. The first-order valence-electron chi connectivity index (χ1n) is 16.2. The molecule has 2 atom stereocenters. The van der Waals surface area contributed by atoms with E-state index in [0.717, 1.165) is 0 Å². The van der Waals surface area contributed by atoms with E-state index in [-0.39, 0.29) is 24.4 Å². The van der Waals surface area contributed by atoms with Crippen molar-refractivity contribution in [2.75, 3.05) is 30.5 Å². The SMILES string of the molecule is CN[C@@H](C)C(=O)N[C@H]1CN(C(=O)c2ccc(C(C)=O)cc2)c2ccccc2N(Cc2c(OC)ccc3cc(C(=O)NO)ccc23)C1=O.O=C(O)C(F)(F)F. The van der Waals surface area contributed by atoms with E-state index in [1.807, 2.05) is 0 Å². The third-order valence-electron chi connectivity index (χ3n) is 8.55. The number of alkyl halides is 3. The summed E-state index contributed by atoms with van der Waals surface area (Å²) in [7, 11) is 3.14. The van der Waals surface area contributed by atoms with E-state index >= 15 is 0 Å². The van der Waals surface area contributed by atoms with Gasteiger partial charge in [0.25, 0.3) is 17.7 Å². The summed E-state index contributed by atoms with van der Waals surface area (Å²) in [5, 5.41) is 23.3. The Bertz CT molecular complexity index is 2090. The lowest BCUT2D eigenvalue weighted by molar-refractivity contribution is -0.192. The lowest BCUT2D eigenvalue weighted by atomic mass is 10.00. The van der Waals surface area contributed by atoms with Crippen LogP contribution in [-0.4, -0.2) is 84.7 Å². The number of rotatable bonds is 9. The number of amides is 4. The number of likely N-dealkylation sites (N-methyl/N-ethyl adjacent to an activating group) is 1. The molecule has 284 valence electrons. The standard InChI is InChI=1S/C35H35N5O7.C2HF3O2/c1-20(36-3)32(42)37-28-19-40(34(44)23-11-9-22(10-12-23)21(2)41)30-8-6-5-7-29(30)39(35(28)45)18-27-26-15-13-25(33(43)38-46)17-24(26)14-16-31(27)47-4;3-2(4,5)1(6)7/h5-17,20,28,36,46H,18-19H2,1-4H3,(H,37,42)(H,38,43);(H,6,7)/t20-,28-;/m0./s1. The highest BCUT2D eigenvalue weighted by Gasteiger charge is 2.39. The molecule has 4 aromatic rings. The van der Waals surface area contributed by atoms with Gasteiger partial charge in [0.1, 0.15) is 11.8 Å². The molecular weight excluding hydrogens is 715 g/mol. The normalized spacial score (nSPS) is 14.5. The second-order valence-electron chi connectivity index (χ2n) is 12.0. The van der Waals surface area contributed by atoms with Crippen LogP contribution in [0.25, 0.3) is 10.8 Å². The van der Waals surface area contributed by atoms with Crippen LogP contribution in [0.1, 0.15) is 50.5 Å². The van der Waals surface area contributed by atoms with E-state index in [0.29, 0.717) is 44.6 Å². The Balaban J connectivity index is 0.000000845. The quantitative estimate of drug-likeness (QED) is 0.0945. The van der Waals surface area contributed by atoms with Gasteiger partial charge in [0.2, 0.25) is 5.91 Å². The molecule has 0 aromatic heterocycles. The van der Waals surface area contributed by atoms with Crippen molar-refractivity contribution in [2.24, 2.45) is 0 Å². The van der Waals surface area contributed by atoms with Crippen LogP contribution in [-0.2, 0) is 20.9 Å². The molecule has 5 N–H and O–H groups in total. The number of carbonyl (C=O) groups is 6. The van der Waals surface area contributed by atoms with E-state index in [9.17, 15) is 37.1 Å². The van der Waals surface area contributed by atoms with E-state index in [1.165, 1.54) is 23.8 Å². The van der Waals surface area contributed by atoms with Crippen molar-refractivity contribution < 1.29 is 57.0 Å². The number of ether oxygens (including phenoxy) is 1. The predicted octanol–water partition coefficient (Wildman–Crippen LogP) is 4.09. The van der Waals surface area contributed by atoms with Crippen LogP contribution in [0.2, 0.25) is 0 Å². The van der Waals surface area contributed by atoms with Gasteiger partial charge in [-0.3, -0.25) is 29.2 Å². The molecule has 0 radical (unpaired) electrons. The Hall–Kier alpha value is -6.33. The number of methoxy groups -OCH3 is 1. The van der Waals surface area contributed by atoms with Gasteiger partial charge >= 0.3 is 12.1 Å². The second kappa shape index (κ2) is 17.0. The number of carboxylic acids is 1. The number of hydrogen-bond acceptors (Lipinski definition) is 9. The summed E-state index contributed by atoms with van der Waals surface area (Å²) < 4.78 is 37.4. The molecule has 0 saturated heterocycles. The van der Waals surface area contributed by atoms with Gasteiger partial charge in [-0.1, -0.05) is 36.4 Å². The van der Waals surface area contributed by atoms with Gasteiger partial charge in [-0.05, 0) is 74.1 Å². The average molecular weight is 752 g/mol. The number of aliphatic carboxylic acids is 1. The van der Waals surface area contributed by atoms with Gasteiger partial charge in [-0.15, -0.1) is 0 Å². The maximum absolute atomic E-state index is 14.5. The number of carbonyl (C=O) groups excluding carboxylic acids is 5. The summed E-state index contributed by atoms with van der Waals surface area (Å²) in [5.41, 5.74) is 4.13. The van der Waals surface area contributed by atoms with Crippen LogP contribution in [0, 0.1) is 0 Å². The van der Waals surface area contributed by atoms with E-state index in [2.05, 4.69) is 10.6 Å². The Morgan fingerprint density at radius 1 is 0.926 bits per heavy atom. The fraction of sp³-hybridized carbons (Fsp3) is 0.243. The Labute approximate surface area is 306 Å². The monoisotopic (exact) mass is 751 g/mol. The van der Waals surface area contributed by atoms with Gasteiger partial charge in [0.15, 0.2) is 5.78 Å². The number of halogens is 3. The average Bonchev–Trinajstić information content (AvgIpc) is 3.27. The second-order valence-corrected chi connectivity index (χ2v) is 12.0. The summed E-state index contributed by atoms with van der Waals surface area (Å²) in [6, 6.07) is 19.9. The minimum absolute atomic E-state index is 0.00874. The summed E-state index contributed by atoms with van der Waals surface area (Å²) in [6.07, 6.45) is -5.08. The first-order chi connectivity index (χ1) is 25.5. The lowest BCUT2D eigenvalue weighted by Gasteiger charge is -2.27. The number of fused-ring (bicyclic) bond motifs is 2. The van der Waals surface area contributed by atoms with Crippen molar-refractivity contribution in [2.45, 2.75) is 38.7 Å². The van der Waals surface area contributed by atoms with Crippen LogP contribution >= 0.6 is 0 Å². The van der Waals surface area contributed by atoms with Crippen LogP contribution in [0.15, 0.2) is 78.9 Å². The zero-order chi connectivity index (χ0) is 39.9. The highest BCUT2D eigenvalue weighted by Crippen LogP contribution is 2.38. The lowest BCUT2D eigenvalue weighted by Crippen LogP contribution is -2.55. The molecule has 0 fully saturated rings. The maximum Gasteiger partial charge on any atom is 0.490 e. The third kappa shape index (κ3) is 8.99. The summed E-state index contributed by atoms with van der Waals surface area (Å²) in [5.74, 6) is -4.37. The van der Waals surface area contributed by atoms with Crippen molar-refractivity contribution >= 4 is 57.5 Å². The van der Waals surface area contributed by atoms with Gasteiger partial charge in [0, 0.05) is 22.3 Å². The molecule has 0 bridgehead atoms. The highest BCUT2D eigenvalue weighted by molar-refractivity contribution is 6.13. The third-order valence-corrected chi connectivity index (χ3v) is 8.55. The Morgan fingerprint density at radius 2 is 1.52 bits per heavy atom. The molecule has 0 unspecified atom stereocenters. The number of hydrogen-bond donors (Lipinski definition) is 5. The number of ketones is 1. The van der Waals surface area contributed by atoms with Crippen LogP contribution in [0.4, 0.5) is 24.5 Å². The first-order valence-corrected chi connectivity index (χ1v) is 16.2. The van der Waals surface area contributed by atoms with Gasteiger partial charge in [0.05, 0.1) is 37.6 Å². The van der Waals surface area contributed by atoms with E-state index in [4.69, 9.17) is 19.8 Å². The molecule has 0 aliphatic carbocycles. The molecule has 1 aliphatic rings. The molecule has 1 heterocycles. The smallest absolute Gasteiger partial charge is 0.490 e. The molecular formula is C37H36F3N5O9. The molecule has 4 amide bonds. The number of benzene rings is 4. The fourth-order valence-corrected chi connectivity index (χ4v) is 5.57. The van der Waals surface area contributed by atoms with Crippen molar-refractivity contribution in [3.05, 3.63) is 101 Å². The molecule has 4 aromatic carbocycles. The molecule has 5 rings (SSSR count). The Kier molecular flexibility index (Phi) is 12.7. The predicted molar refractivity (Wildman–Crippen MR) is 190 cm³/mol. The minimum Gasteiger partial charge on any atom is -0.496 e. The molecule has 1 aliphatic heterocycles. The number of nitrogens with one attached hydrogen (secondary N) is 3. The van der Waals surface area contributed by atoms with Crippen molar-refractivity contribution in [1.29, 1.82) is 0 Å². The van der Waals surface area contributed by atoms with Crippen LogP contribution in [0.5, 0.6) is 5.75 Å². The van der Waals surface area contributed by atoms with E-state index < -0.39 is 47.9 Å². The largest absolute Gasteiger partial charge is 0.496 e. The maximum atomic E-state index is 14.5. The number of carboxylic acid groups (broad SMARTS) is 1. The molecule has 17 heteroatoms. The molecule has 0 spiro atoms. The van der Waals surface area contributed by atoms with Gasteiger partial charge < -0.3 is 30.3 Å². The fourth-order valence-electron chi connectivity index (χ4n) is 5.57. The number of para-hydroxylation sites is 2. The number of anilines is 2. The topological polar surface area (TPSA) is 195 Å². The number of hydroxylamine groups is 1. The zero-order valence-corrected chi connectivity index (χ0v) is 29.4. The number of Topliss-reactive ketones (excluding diaryl/α,β-unsaturated/α-hetero) is 1. The molecule has 14 nitrogen and oxygen atoms in total. The van der Waals surface area contributed by atoms with Crippen LogP contribution in [0.3, 0.4) is 0 Å². The summed E-state index contributed by atoms with van der Waals surface area (Å²) in [4.78, 5) is 77.5. The zero-order valence-electron chi connectivity index (χ0n) is 29.4. The van der Waals surface area contributed by atoms with Crippen molar-refractivity contribution in [3.63, 3.8) is 0 Å². The minimum atomic E-state index is -5.08. The van der Waals surface area contributed by atoms with Gasteiger partial charge in [-0.25, -0.2) is 10.3 Å². The summed E-state index contributed by atoms with van der Waals surface area (Å²) in [6.45, 7) is 2.94. The molecule has 0 saturated carbocycles. The Morgan fingerprint density at radius 3 is 2.07 bits per heavy atom. The number of nitrogens with zero attached hydrogens (tertiary/aromatic N) is 2.